The molecule has 1 unspecified atom stereocenters. The first-order chi connectivity index (χ1) is 6.34. The van der Waals surface area contributed by atoms with Crippen molar-refractivity contribution in [2.24, 2.45) is 5.73 Å². The molecule has 1 aliphatic rings. The van der Waals surface area contributed by atoms with Crippen LogP contribution in [0.4, 0.5) is 0 Å². The predicted molar refractivity (Wildman–Crippen MR) is 67.3 cm³/mol. The van der Waals surface area contributed by atoms with E-state index >= 15 is 0 Å². The Morgan fingerprint density at radius 2 is 2.00 bits per heavy atom. The van der Waals surface area contributed by atoms with Gasteiger partial charge < -0.3 is 5.73 Å². The van der Waals surface area contributed by atoms with Crippen molar-refractivity contribution in [3.8, 4) is 0 Å². The van der Waals surface area contributed by atoms with Crippen LogP contribution < -0.4 is 5.73 Å². The highest BCUT2D eigenvalue weighted by Gasteiger charge is 2.26. The van der Waals surface area contributed by atoms with E-state index in [-0.39, 0.29) is 5.38 Å². The standard InChI is InChI=1S/C10H15Cl2NSi/c1-14(2,3)10(13)9-7(11)5-4-6-8(9)12/h4-7H,13H2,1-3H3/b10-9+. The summed E-state index contributed by atoms with van der Waals surface area (Å²) >= 11 is 12.2. The Morgan fingerprint density at radius 1 is 1.43 bits per heavy atom. The second-order valence-electron chi connectivity index (χ2n) is 4.38. The van der Waals surface area contributed by atoms with Gasteiger partial charge >= 0.3 is 0 Å². The Labute approximate surface area is 96.3 Å². The summed E-state index contributed by atoms with van der Waals surface area (Å²) < 4.78 is 0. The van der Waals surface area contributed by atoms with Gasteiger partial charge in [-0.2, -0.15) is 0 Å². The molecule has 78 valence electrons. The molecular weight excluding hydrogens is 233 g/mol. The molecule has 1 rings (SSSR count). The summed E-state index contributed by atoms with van der Waals surface area (Å²) in [5.74, 6) is 0. The fourth-order valence-electron chi connectivity index (χ4n) is 1.24. The molecule has 0 radical (unpaired) electrons. The first-order valence-corrected chi connectivity index (χ1v) is 8.84. The van der Waals surface area contributed by atoms with Crippen LogP contribution in [0.25, 0.3) is 0 Å². The van der Waals surface area contributed by atoms with E-state index in [1.54, 1.807) is 0 Å². The second-order valence-corrected chi connectivity index (χ2v) is 10.3. The average Bonchev–Trinajstić information content (AvgIpc) is 2.01. The van der Waals surface area contributed by atoms with E-state index in [0.717, 1.165) is 10.9 Å². The molecule has 0 spiro atoms. The molecule has 1 atom stereocenters. The van der Waals surface area contributed by atoms with Crippen molar-refractivity contribution in [3.63, 3.8) is 0 Å². The Balaban J connectivity index is 3.19. The Hall–Kier alpha value is -0.183. The lowest BCUT2D eigenvalue weighted by Crippen LogP contribution is -2.33. The number of hydrogen-bond donors (Lipinski definition) is 1. The molecule has 0 bridgehead atoms. The first-order valence-electron chi connectivity index (χ1n) is 4.52. The Morgan fingerprint density at radius 3 is 2.43 bits per heavy atom. The SMILES string of the molecule is C[Si](C)(C)/C(N)=C1/C(Cl)=CC=CC1Cl. The van der Waals surface area contributed by atoms with Crippen molar-refractivity contribution in [2.45, 2.75) is 25.0 Å². The molecule has 14 heavy (non-hydrogen) atoms. The molecule has 0 fully saturated rings. The van der Waals surface area contributed by atoms with Gasteiger partial charge in [-0.15, -0.1) is 11.6 Å². The molecule has 0 amide bonds. The lowest BCUT2D eigenvalue weighted by atomic mass is 10.1. The van der Waals surface area contributed by atoms with E-state index in [9.17, 15) is 0 Å². The summed E-state index contributed by atoms with van der Waals surface area (Å²) in [4.78, 5) is 0. The van der Waals surface area contributed by atoms with Gasteiger partial charge in [0.05, 0.1) is 13.5 Å². The number of alkyl halides is 1. The fraction of sp³-hybridized carbons (Fsp3) is 0.400. The molecule has 0 saturated carbocycles. The quantitative estimate of drug-likeness (QED) is 0.558. The van der Waals surface area contributed by atoms with Crippen molar-refractivity contribution >= 4 is 31.3 Å². The zero-order chi connectivity index (χ0) is 10.9. The highest BCUT2D eigenvalue weighted by Crippen LogP contribution is 2.31. The molecular formula is C10H15Cl2NSi. The first kappa shape index (κ1) is 11.9. The van der Waals surface area contributed by atoms with Gasteiger partial charge in [0.1, 0.15) is 0 Å². The number of nitrogens with two attached hydrogens (primary N) is 1. The van der Waals surface area contributed by atoms with Gasteiger partial charge in [-0.05, 0) is 11.4 Å². The van der Waals surface area contributed by atoms with Crippen molar-refractivity contribution in [1.29, 1.82) is 0 Å². The van der Waals surface area contributed by atoms with Crippen molar-refractivity contribution < 1.29 is 0 Å². The van der Waals surface area contributed by atoms with Gasteiger partial charge in [-0.25, -0.2) is 0 Å². The summed E-state index contributed by atoms with van der Waals surface area (Å²) in [5, 5.41) is 1.38. The molecule has 1 nitrogen and oxygen atoms in total. The third-order valence-electron chi connectivity index (χ3n) is 2.15. The maximum Gasteiger partial charge on any atom is 0.0979 e. The average molecular weight is 248 g/mol. The Bertz CT molecular complexity index is 324. The van der Waals surface area contributed by atoms with E-state index in [1.165, 1.54) is 0 Å². The molecule has 0 heterocycles. The lowest BCUT2D eigenvalue weighted by Gasteiger charge is -2.24. The number of rotatable bonds is 1. The molecule has 0 aromatic heterocycles. The summed E-state index contributed by atoms with van der Waals surface area (Å²) in [6.45, 7) is 6.55. The van der Waals surface area contributed by atoms with Gasteiger partial charge in [0.2, 0.25) is 0 Å². The Kier molecular flexibility index (Phi) is 3.51. The molecule has 4 heteroatoms. The summed E-state index contributed by atoms with van der Waals surface area (Å²) in [6, 6.07) is 0. The molecule has 0 aromatic rings. The van der Waals surface area contributed by atoms with Crippen LogP contribution in [0.15, 0.2) is 34.2 Å². The number of hydrogen-bond acceptors (Lipinski definition) is 1. The van der Waals surface area contributed by atoms with Crippen LogP contribution in [0.5, 0.6) is 0 Å². The number of halogens is 2. The van der Waals surface area contributed by atoms with E-state index in [2.05, 4.69) is 19.6 Å². The van der Waals surface area contributed by atoms with Gasteiger partial charge in [0.15, 0.2) is 0 Å². The van der Waals surface area contributed by atoms with E-state index < -0.39 is 8.07 Å². The van der Waals surface area contributed by atoms with Crippen molar-refractivity contribution in [2.75, 3.05) is 0 Å². The summed E-state index contributed by atoms with van der Waals surface area (Å²) in [5.41, 5.74) is 7.00. The van der Waals surface area contributed by atoms with E-state index in [0.29, 0.717) is 5.03 Å². The lowest BCUT2D eigenvalue weighted by molar-refractivity contribution is 1.19. The maximum absolute atomic E-state index is 6.15. The maximum atomic E-state index is 6.15. The minimum atomic E-state index is -1.52. The van der Waals surface area contributed by atoms with Gasteiger partial charge in [-0.1, -0.05) is 43.4 Å². The zero-order valence-corrected chi connectivity index (χ0v) is 11.2. The minimum Gasteiger partial charge on any atom is -0.405 e. The zero-order valence-electron chi connectivity index (χ0n) is 8.64. The largest absolute Gasteiger partial charge is 0.405 e. The normalized spacial score (nSPS) is 26.1. The van der Waals surface area contributed by atoms with E-state index in [4.69, 9.17) is 28.9 Å². The van der Waals surface area contributed by atoms with Crippen molar-refractivity contribution in [3.05, 3.63) is 34.2 Å². The van der Waals surface area contributed by atoms with Crippen LogP contribution in [0.3, 0.4) is 0 Å². The smallest absolute Gasteiger partial charge is 0.0979 e. The summed E-state index contributed by atoms with van der Waals surface area (Å²) in [6.07, 6.45) is 5.60. The summed E-state index contributed by atoms with van der Waals surface area (Å²) in [7, 11) is -1.52. The van der Waals surface area contributed by atoms with Crippen LogP contribution in [0.1, 0.15) is 0 Å². The molecule has 1 aliphatic carbocycles. The number of allylic oxidation sites excluding steroid dienone is 5. The topological polar surface area (TPSA) is 26.0 Å². The van der Waals surface area contributed by atoms with Crippen LogP contribution in [-0.4, -0.2) is 13.5 Å². The molecule has 0 aliphatic heterocycles. The molecule has 0 saturated heterocycles. The van der Waals surface area contributed by atoms with Crippen LogP contribution in [-0.2, 0) is 0 Å². The van der Waals surface area contributed by atoms with Crippen LogP contribution in [0, 0.1) is 0 Å². The third kappa shape index (κ3) is 2.44. The molecule has 2 N–H and O–H groups in total. The monoisotopic (exact) mass is 247 g/mol. The fourth-order valence-corrected chi connectivity index (χ4v) is 3.17. The minimum absolute atomic E-state index is 0.181. The highest BCUT2D eigenvalue weighted by molar-refractivity contribution is 6.83. The van der Waals surface area contributed by atoms with E-state index in [1.807, 2.05) is 18.2 Å². The van der Waals surface area contributed by atoms with Crippen molar-refractivity contribution in [1.82, 2.24) is 0 Å². The highest BCUT2D eigenvalue weighted by atomic mass is 35.5. The second kappa shape index (κ2) is 4.13. The van der Waals surface area contributed by atoms with Gasteiger partial charge in [-0.3, -0.25) is 0 Å². The predicted octanol–water partition coefficient (Wildman–Crippen LogP) is 3.38. The van der Waals surface area contributed by atoms with Gasteiger partial charge in [0, 0.05) is 10.6 Å². The molecule has 0 aromatic carbocycles. The van der Waals surface area contributed by atoms with Crippen LogP contribution in [0.2, 0.25) is 19.6 Å². The van der Waals surface area contributed by atoms with Crippen LogP contribution >= 0.6 is 23.2 Å². The third-order valence-corrected chi connectivity index (χ3v) is 4.73. The van der Waals surface area contributed by atoms with Gasteiger partial charge in [0.25, 0.3) is 0 Å².